The van der Waals surface area contributed by atoms with Gasteiger partial charge in [-0.1, -0.05) is 11.6 Å². The average molecular weight is 455 g/mol. The molecule has 2 rings (SSSR count). The van der Waals surface area contributed by atoms with Crippen LogP contribution in [0.1, 0.15) is 35.9 Å². The van der Waals surface area contributed by atoms with E-state index in [-0.39, 0.29) is 11.3 Å². The predicted octanol–water partition coefficient (Wildman–Crippen LogP) is 2.53. The van der Waals surface area contributed by atoms with Crippen molar-refractivity contribution in [2.24, 2.45) is 0 Å². The molecule has 2 atom stereocenters. The van der Waals surface area contributed by atoms with Crippen LogP contribution in [-0.2, 0) is 11.3 Å². The van der Waals surface area contributed by atoms with Crippen LogP contribution in [0.5, 0.6) is 0 Å². The number of hydrogen-bond donors (Lipinski definition) is 3. The zero-order chi connectivity index (χ0) is 22.6. The third kappa shape index (κ3) is 5.23. The van der Waals surface area contributed by atoms with Crippen molar-refractivity contribution in [1.82, 2.24) is 15.1 Å². The molecule has 1 amide bonds. The van der Waals surface area contributed by atoms with E-state index in [2.05, 4.69) is 10.4 Å². The van der Waals surface area contributed by atoms with Crippen molar-refractivity contribution >= 4 is 23.2 Å². The van der Waals surface area contributed by atoms with Gasteiger partial charge in [0.25, 0.3) is 18.5 Å². The first kappa shape index (κ1) is 23.5. The molecule has 0 radical (unpaired) electrons. The average Bonchev–Trinajstić information content (AvgIpc) is 3.01. The minimum absolute atomic E-state index is 0.121. The van der Waals surface area contributed by atoms with Crippen LogP contribution in [0.15, 0.2) is 24.3 Å². The summed E-state index contributed by atoms with van der Waals surface area (Å²) in [6, 6.07) is 3.28. The molecule has 30 heavy (non-hydrogen) atoms. The van der Waals surface area contributed by atoms with Crippen molar-refractivity contribution < 1.29 is 37.5 Å². The molecule has 0 saturated carbocycles. The first-order valence-electron chi connectivity index (χ1n) is 8.21. The van der Waals surface area contributed by atoms with Crippen molar-refractivity contribution in [2.45, 2.75) is 31.5 Å². The molecule has 0 aliphatic heterocycles. The van der Waals surface area contributed by atoms with Gasteiger partial charge in [-0.15, -0.1) is 0 Å². The number of aliphatic hydroxyl groups is 2. The van der Waals surface area contributed by atoms with E-state index in [0.29, 0.717) is 4.68 Å². The van der Waals surface area contributed by atoms with Crippen molar-refractivity contribution in [1.29, 1.82) is 0 Å². The number of nitro groups is 1. The molecule has 9 nitrogen and oxygen atoms in total. The molecule has 0 fully saturated rings. The molecule has 0 bridgehead atoms. The number of carbonyl (C=O) groups is 1. The Hall–Kier alpha value is -2.77. The molecule has 0 aliphatic carbocycles. The number of non-ortho nitro benzene ring substituents is 1. The highest BCUT2D eigenvalue weighted by Crippen LogP contribution is 2.34. The van der Waals surface area contributed by atoms with Crippen LogP contribution < -0.4 is 5.32 Å². The Balaban J connectivity index is 2.15. The molecule has 164 valence electrons. The maximum atomic E-state index is 13.1. The smallest absolute Gasteiger partial charge is 0.283 e. The highest BCUT2D eigenvalue weighted by Gasteiger charge is 2.29. The third-order valence-electron chi connectivity index (χ3n) is 4.03. The predicted molar refractivity (Wildman–Crippen MR) is 94.2 cm³/mol. The maximum Gasteiger partial charge on any atom is 0.283 e. The van der Waals surface area contributed by atoms with Gasteiger partial charge in [0.15, 0.2) is 0 Å². The van der Waals surface area contributed by atoms with Crippen LogP contribution in [0.3, 0.4) is 0 Å². The van der Waals surface area contributed by atoms with Gasteiger partial charge in [-0.2, -0.15) is 5.10 Å². The normalized spacial score (nSPS) is 13.5. The molecule has 1 aromatic heterocycles. The van der Waals surface area contributed by atoms with E-state index in [4.69, 9.17) is 11.6 Å². The van der Waals surface area contributed by atoms with E-state index >= 15 is 0 Å². The van der Waals surface area contributed by atoms with Crippen LogP contribution in [0.4, 0.5) is 23.2 Å². The quantitative estimate of drug-likeness (QED) is 0.303. The minimum Gasteiger partial charge on any atom is -0.394 e. The number of nitro benzene ring substituents is 1. The van der Waals surface area contributed by atoms with Crippen LogP contribution in [-0.4, -0.2) is 43.5 Å². The Kier molecular flexibility index (Phi) is 7.70. The van der Waals surface area contributed by atoms with Crippen LogP contribution in [0, 0.1) is 10.1 Å². The van der Waals surface area contributed by atoms with E-state index in [9.17, 15) is 42.7 Å². The lowest BCUT2D eigenvalue weighted by molar-refractivity contribution is -0.384. The van der Waals surface area contributed by atoms with Crippen molar-refractivity contribution in [3.8, 4) is 0 Å². The molecule has 14 heteroatoms. The number of halogens is 5. The fourth-order valence-electron chi connectivity index (χ4n) is 2.58. The Morgan fingerprint density at radius 1 is 1.23 bits per heavy atom. The number of amides is 1. The summed E-state index contributed by atoms with van der Waals surface area (Å²) in [5.41, 5.74) is -2.31. The third-order valence-corrected chi connectivity index (χ3v) is 4.42. The minimum atomic E-state index is -3.29. The van der Waals surface area contributed by atoms with Gasteiger partial charge in [-0.05, 0) is 17.7 Å². The maximum absolute atomic E-state index is 13.1. The summed E-state index contributed by atoms with van der Waals surface area (Å²) in [7, 11) is 0. The van der Waals surface area contributed by atoms with Gasteiger partial charge in [0.2, 0.25) is 5.91 Å². The van der Waals surface area contributed by atoms with Crippen LogP contribution in [0.2, 0.25) is 5.02 Å². The Labute approximate surface area is 171 Å². The monoisotopic (exact) mass is 454 g/mol. The van der Waals surface area contributed by atoms with E-state index < -0.39 is 65.4 Å². The fraction of sp³-hybridized carbons (Fsp3) is 0.375. The highest BCUT2D eigenvalue weighted by atomic mass is 35.5. The molecule has 1 heterocycles. The lowest BCUT2D eigenvalue weighted by Crippen LogP contribution is -2.43. The number of rotatable bonds is 9. The standard InChI is InChI=1S/C16H15ClF4N4O5/c17-11-12(15(18)19)23-24(13(11)16(20)21)5-10(27)22-9(6-26)14(28)7-1-3-8(4-2-7)25(29)30/h1-4,9,14-16,26,28H,5-6H2,(H,22,27). The highest BCUT2D eigenvalue weighted by molar-refractivity contribution is 6.32. The van der Waals surface area contributed by atoms with E-state index in [1.807, 2.05) is 0 Å². The zero-order valence-electron chi connectivity index (χ0n) is 14.9. The van der Waals surface area contributed by atoms with Gasteiger partial charge in [-0.25, -0.2) is 17.6 Å². The SMILES string of the molecule is O=C(Cn1nc(C(F)F)c(Cl)c1C(F)F)NC(CO)C(O)c1ccc([N+](=O)[O-])cc1. The molecule has 3 N–H and O–H groups in total. The summed E-state index contributed by atoms with van der Waals surface area (Å²) in [6.07, 6.45) is -8.04. The summed E-state index contributed by atoms with van der Waals surface area (Å²) in [5.74, 6) is -1.03. The van der Waals surface area contributed by atoms with Gasteiger partial charge in [0, 0.05) is 12.1 Å². The van der Waals surface area contributed by atoms with E-state index in [1.165, 1.54) is 12.1 Å². The van der Waals surface area contributed by atoms with Crippen molar-refractivity contribution in [3.63, 3.8) is 0 Å². The summed E-state index contributed by atoms with van der Waals surface area (Å²) in [5, 5.41) is 34.8. The molecular weight excluding hydrogens is 440 g/mol. The molecule has 0 spiro atoms. The van der Waals surface area contributed by atoms with Gasteiger partial charge < -0.3 is 15.5 Å². The summed E-state index contributed by atoms with van der Waals surface area (Å²) < 4.78 is 52.3. The second-order valence-electron chi connectivity index (χ2n) is 5.99. The fourth-order valence-corrected chi connectivity index (χ4v) is 2.88. The number of alkyl halides is 4. The summed E-state index contributed by atoms with van der Waals surface area (Å²) in [6.45, 7) is -1.72. The largest absolute Gasteiger partial charge is 0.394 e. The lowest BCUT2D eigenvalue weighted by Gasteiger charge is -2.22. The number of hydrogen-bond acceptors (Lipinski definition) is 6. The molecule has 2 unspecified atom stereocenters. The van der Waals surface area contributed by atoms with Crippen LogP contribution in [0.25, 0.3) is 0 Å². The number of benzene rings is 1. The molecule has 0 saturated heterocycles. The number of aromatic nitrogens is 2. The Bertz CT molecular complexity index is 910. The number of nitrogens with one attached hydrogen (secondary N) is 1. The molecule has 0 aliphatic rings. The first-order valence-corrected chi connectivity index (χ1v) is 8.59. The molecular formula is C16H15ClF4N4O5. The summed E-state index contributed by atoms with van der Waals surface area (Å²) >= 11 is 5.50. The lowest BCUT2D eigenvalue weighted by atomic mass is 10.0. The molecule has 1 aromatic carbocycles. The van der Waals surface area contributed by atoms with Gasteiger partial charge >= 0.3 is 0 Å². The number of aliphatic hydroxyl groups excluding tert-OH is 2. The van der Waals surface area contributed by atoms with Gasteiger partial charge in [0.1, 0.15) is 24.0 Å². The number of nitrogens with zero attached hydrogens (tertiary/aromatic N) is 3. The summed E-state index contributed by atoms with van der Waals surface area (Å²) in [4.78, 5) is 22.2. The van der Waals surface area contributed by atoms with Gasteiger partial charge in [-0.3, -0.25) is 19.6 Å². The van der Waals surface area contributed by atoms with E-state index in [1.54, 1.807) is 0 Å². The topological polar surface area (TPSA) is 131 Å². The van der Waals surface area contributed by atoms with Crippen molar-refractivity contribution in [3.05, 3.63) is 56.4 Å². The van der Waals surface area contributed by atoms with Crippen LogP contribution >= 0.6 is 11.6 Å². The zero-order valence-corrected chi connectivity index (χ0v) is 15.6. The second kappa shape index (κ2) is 9.82. The van der Waals surface area contributed by atoms with Gasteiger partial charge in [0.05, 0.1) is 22.6 Å². The first-order chi connectivity index (χ1) is 14.1. The van der Waals surface area contributed by atoms with E-state index in [0.717, 1.165) is 12.1 Å². The van der Waals surface area contributed by atoms with Crippen molar-refractivity contribution in [2.75, 3.05) is 6.61 Å². The Morgan fingerprint density at radius 3 is 2.30 bits per heavy atom. The molecule has 2 aromatic rings. The second-order valence-corrected chi connectivity index (χ2v) is 6.37. The number of carbonyl (C=O) groups excluding carboxylic acids is 1. The Morgan fingerprint density at radius 2 is 1.83 bits per heavy atom.